The van der Waals surface area contributed by atoms with E-state index in [0.29, 0.717) is 12.1 Å². The summed E-state index contributed by atoms with van der Waals surface area (Å²) in [4.78, 5) is 36.5. The summed E-state index contributed by atoms with van der Waals surface area (Å²) in [6, 6.07) is 23.6. The van der Waals surface area contributed by atoms with Crippen LogP contribution in [0.4, 0.5) is 4.79 Å². The third-order valence-electron chi connectivity index (χ3n) is 6.98. The second kappa shape index (κ2) is 9.89. The number of rotatable bonds is 7. The number of aliphatic carboxylic acids is 1. The molecule has 1 amide bonds. The number of aromatic nitrogens is 2. The zero-order valence-corrected chi connectivity index (χ0v) is 20.5. The van der Waals surface area contributed by atoms with Crippen LogP contribution in [0.15, 0.2) is 90.1 Å². The summed E-state index contributed by atoms with van der Waals surface area (Å²) in [5.74, 6) is -1.00. The van der Waals surface area contributed by atoms with Gasteiger partial charge in [-0.2, -0.15) is 0 Å². The largest absolute Gasteiger partial charge is 0.480 e. The number of nitrogens with zero attached hydrogens (tertiary/aromatic N) is 1. The molecule has 3 heterocycles. The number of hydrogen-bond donors (Lipinski definition) is 4. The molecular formula is C30H26N4O4. The van der Waals surface area contributed by atoms with Gasteiger partial charge in [-0.15, -0.1) is 0 Å². The molecule has 0 saturated heterocycles. The highest BCUT2D eigenvalue weighted by Gasteiger charge is 2.34. The number of carboxylic acids is 1. The first-order chi connectivity index (χ1) is 18.6. The molecule has 190 valence electrons. The first-order valence-electron chi connectivity index (χ1n) is 12.5. The van der Waals surface area contributed by atoms with Crippen molar-refractivity contribution in [3.05, 3.63) is 107 Å². The van der Waals surface area contributed by atoms with Gasteiger partial charge in [-0.05, 0) is 28.8 Å². The maximum Gasteiger partial charge on any atom is 0.408 e. The van der Waals surface area contributed by atoms with E-state index in [1.807, 2.05) is 85.1 Å². The van der Waals surface area contributed by atoms with Crippen LogP contribution in [-0.4, -0.2) is 44.9 Å². The topological polar surface area (TPSA) is 120 Å². The van der Waals surface area contributed by atoms with Gasteiger partial charge in [0, 0.05) is 40.8 Å². The maximum absolute atomic E-state index is 13.0. The Morgan fingerprint density at radius 3 is 2.47 bits per heavy atom. The van der Waals surface area contributed by atoms with Crippen molar-refractivity contribution in [3.8, 4) is 0 Å². The number of carboxylic acid groups (broad SMARTS) is 1. The van der Waals surface area contributed by atoms with Gasteiger partial charge in [0.25, 0.3) is 0 Å². The van der Waals surface area contributed by atoms with E-state index < -0.39 is 24.1 Å². The number of carbonyl (C=O) groups is 2. The minimum absolute atomic E-state index is 0.119. The molecule has 0 radical (unpaired) electrons. The Labute approximate surface area is 218 Å². The number of ether oxygens (including phenoxy) is 1. The molecule has 1 aliphatic heterocycles. The third kappa shape index (κ3) is 4.52. The molecule has 38 heavy (non-hydrogen) atoms. The van der Waals surface area contributed by atoms with Crippen molar-refractivity contribution in [1.29, 1.82) is 0 Å². The molecule has 2 atom stereocenters. The van der Waals surface area contributed by atoms with Crippen LogP contribution in [0.5, 0.6) is 0 Å². The average molecular weight is 507 g/mol. The standard InChI is InChI=1S/C30H26N4O4/c35-29(36)26-15-22-21-11-5-7-13-24(21)32-27(22)28(33-26)25(14-19-16-31-23-12-6-4-10-20(19)23)34-30(37)38-17-18-8-2-1-3-9-18/h1-13,16,25-26,31-32H,14-15,17H2,(H,34,37)(H,35,36). The maximum atomic E-state index is 13.0. The number of aromatic amines is 2. The second-order valence-electron chi connectivity index (χ2n) is 9.42. The van der Waals surface area contributed by atoms with E-state index in [0.717, 1.165) is 44.2 Å². The lowest BCUT2D eigenvalue weighted by atomic mass is 9.91. The summed E-state index contributed by atoms with van der Waals surface area (Å²) in [5.41, 5.74) is 5.86. The Bertz CT molecular complexity index is 1670. The van der Waals surface area contributed by atoms with Gasteiger partial charge in [0.2, 0.25) is 0 Å². The number of nitrogens with one attached hydrogen (secondary N) is 3. The Balaban J connectivity index is 1.38. The molecular weight excluding hydrogens is 480 g/mol. The average Bonchev–Trinajstić information content (AvgIpc) is 3.53. The molecule has 8 heteroatoms. The third-order valence-corrected chi connectivity index (χ3v) is 6.98. The number of hydrogen-bond acceptors (Lipinski definition) is 4. The van der Waals surface area contributed by atoms with Gasteiger partial charge in [0.05, 0.1) is 17.4 Å². The molecule has 0 saturated carbocycles. The van der Waals surface area contributed by atoms with Crippen LogP contribution >= 0.6 is 0 Å². The number of alkyl carbamates (subject to hydrolysis) is 1. The van der Waals surface area contributed by atoms with Crippen LogP contribution in [0.3, 0.4) is 0 Å². The van der Waals surface area contributed by atoms with E-state index >= 15 is 0 Å². The fourth-order valence-corrected chi connectivity index (χ4v) is 5.15. The second-order valence-corrected chi connectivity index (χ2v) is 9.42. The Kier molecular flexibility index (Phi) is 6.13. The summed E-state index contributed by atoms with van der Waals surface area (Å²) >= 11 is 0. The summed E-state index contributed by atoms with van der Waals surface area (Å²) < 4.78 is 5.54. The van der Waals surface area contributed by atoms with Crippen LogP contribution in [0.1, 0.15) is 22.4 Å². The molecule has 8 nitrogen and oxygen atoms in total. The normalized spacial score (nSPS) is 15.6. The molecule has 0 spiro atoms. The highest BCUT2D eigenvalue weighted by molar-refractivity contribution is 6.11. The number of benzene rings is 3. The van der Waals surface area contributed by atoms with E-state index in [4.69, 9.17) is 4.74 Å². The molecule has 3 aromatic carbocycles. The summed E-state index contributed by atoms with van der Waals surface area (Å²) in [7, 11) is 0. The summed E-state index contributed by atoms with van der Waals surface area (Å²) in [5, 5.41) is 14.9. The number of amides is 1. The van der Waals surface area contributed by atoms with Crippen molar-refractivity contribution in [1.82, 2.24) is 15.3 Å². The lowest BCUT2D eigenvalue weighted by Gasteiger charge is -2.26. The fraction of sp³-hybridized carbons (Fsp3) is 0.167. The molecule has 2 aromatic heterocycles. The van der Waals surface area contributed by atoms with E-state index in [2.05, 4.69) is 20.3 Å². The lowest BCUT2D eigenvalue weighted by Crippen LogP contribution is -2.45. The number of H-pyrrole nitrogens is 2. The van der Waals surface area contributed by atoms with Crippen molar-refractivity contribution in [3.63, 3.8) is 0 Å². The highest BCUT2D eigenvalue weighted by atomic mass is 16.5. The van der Waals surface area contributed by atoms with Crippen molar-refractivity contribution in [2.45, 2.75) is 31.5 Å². The SMILES string of the molecule is O=C(NC(Cc1c[nH]c2ccccc12)C1=NC(C(=O)O)Cc2c1[nH]c1ccccc21)OCc1ccccc1. The predicted molar refractivity (Wildman–Crippen MR) is 146 cm³/mol. The fourth-order valence-electron chi connectivity index (χ4n) is 5.15. The smallest absolute Gasteiger partial charge is 0.408 e. The molecule has 0 bridgehead atoms. The molecule has 4 N–H and O–H groups in total. The summed E-state index contributed by atoms with van der Waals surface area (Å²) in [6.07, 6.45) is 1.98. The van der Waals surface area contributed by atoms with Crippen LogP contribution in [0, 0.1) is 0 Å². The Hall–Kier alpha value is -4.85. The quantitative estimate of drug-likeness (QED) is 0.249. The molecule has 0 fully saturated rings. The van der Waals surface area contributed by atoms with Crippen molar-refractivity contribution >= 4 is 39.6 Å². The van der Waals surface area contributed by atoms with Gasteiger partial charge in [-0.1, -0.05) is 66.7 Å². The minimum atomic E-state index is -1.00. The molecule has 0 aliphatic carbocycles. The lowest BCUT2D eigenvalue weighted by molar-refractivity contribution is -0.138. The van der Waals surface area contributed by atoms with Gasteiger partial charge < -0.3 is 25.1 Å². The first-order valence-corrected chi connectivity index (χ1v) is 12.5. The van der Waals surface area contributed by atoms with E-state index in [-0.39, 0.29) is 13.0 Å². The Morgan fingerprint density at radius 1 is 0.974 bits per heavy atom. The number of aliphatic imine (C=N–C) groups is 1. The van der Waals surface area contributed by atoms with Gasteiger partial charge >= 0.3 is 12.1 Å². The van der Waals surface area contributed by atoms with Gasteiger partial charge in [0.15, 0.2) is 6.04 Å². The first kappa shape index (κ1) is 23.5. The zero-order chi connectivity index (χ0) is 26.1. The van der Waals surface area contributed by atoms with E-state index in [1.165, 1.54) is 0 Å². The Morgan fingerprint density at radius 2 is 1.68 bits per heavy atom. The number of para-hydroxylation sites is 2. The van der Waals surface area contributed by atoms with Crippen molar-refractivity contribution in [2.75, 3.05) is 0 Å². The summed E-state index contributed by atoms with van der Waals surface area (Å²) in [6.45, 7) is 0.119. The van der Waals surface area contributed by atoms with E-state index in [9.17, 15) is 14.7 Å². The predicted octanol–water partition coefficient (Wildman–Crippen LogP) is 4.99. The van der Waals surface area contributed by atoms with Crippen molar-refractivity contribution in [2.24, 2.45) is 4.99 Å². The van der Waals surface area contributed by atoms with Gasteiger partial charge in [0.1, 0.15) is 6.61 Å². The van der Waals surface area contributed by atoms with Crippen LogP contribution in [0.25, 0.3) is 21.8 Å². The number of fused-ring (bicyclic) bond motifs is 4. The van der Waals surface area contributed by atoms with Crippen molar-refractivity contribution < 1.29 is 19.4 Å². The molecule has 1 aliphatic rings. The molecule has 6 rings (SSSR count). The monoisotopic (exact) mass is 506 g/mol. The van der Waals surface area contributed by atoms with Gasteiger partial charge in [-0.3, -0.25) is 4.99 Å². The van der Waals surface area contributed by atoms with Crippen LogP contribution in [0.2, 0.25) is 0 Å². The van der Waals surface area contributed by atoms with Crippen LogP contribution < -0.4 is 5.32 Å². The van der Waals surface area contributed by atoms with E-state index in [1.54, 1.807) is 0 Å². The molecule has 2 unspecified atom stereocenters. The molecule has 5 aromatic rings. The highest BCUT2D eigenvalue weighted by Crippen LogP contribution is 2.30. The zero-order valence-electron chi connectivity index (χ0n) is 20.5. The van der Waals surface area contributed by atoms with Gasteiger partial charge in [-0.25, -0.2) is 9.59 Å². The number of carbonyl (C=O) groups excluding carboxylic acids is 1. The van der Waals surface area contributed by atoms with Crippen LogP contribution in [-0.2, 0) is 29.0 Å². The minimum Gasteiger partial charge on any atom is -0.480 e.